The third-order valence-electron chi connectivity index (χ3n) is 2.32. The van der Waals surface area contributed by atoms with Gasteiger partial charge in [-0.1, -0.05) is 12.1 Å². The van der Waals surface area contributed by atoms with Crippen molar-refractivity contribution in [3.05, 3.63) is 23.8 Å². The fourth-order valence-electron chi connectivity index (χ4n) is 1.44. The van der Waals surface area contributed by atoms with Gasteiger partial charge < -0.3 is 15.8 Å². The van der Waals surface area contributed by atoms with Gasteiger partial charge in [0.05, 0.1) is 11.4 Å². The first-order valence-electron chi connectivity index (χ1n) is 5.29. The van der Waals surface area contributed by atoms with Gasteiger partial charge >= 0.3 is 0 Å². The highest BCUT2D eigenvalue weighted by Crippen LogP contribution is 2.22. The first-order chi connectivity index (χ1) is 7.65. The number of nitrogens with two attached hydrogens (primary N) is 1. The molecule has 1 rings (SSSR count). The number of amides is 1. The van der Waals surface area contributed by atoms with E-state index < -0.39 is 0 Å². The molecule has 0 atom stereocenters. The number of benzene rings is 1. The van der Waals surface area contributed by atoms with Crippen LogP contribution in [-0.2, 0) is 9.53 Å². The van der Waals surface area contributed by atoms with Crippen molar-refractivity contribution in [3.63, 3.8) is 0 Å². The third-order valence-corrected chi connectivity index (χ3v) is 2.32. The number of rotatable bonds is 5. The van der Waals surface area contributed by atoms with Gasteiger partial charge in [0.1, 0.15) is 0 Å². The lowest BCUT2D eigenvalue weighted by Gasteiger charge is -2.10. The molecule has 0 fully saturated rings. The van der Waals surface area contributed by atoms with E-state index >= 15 is 0 Å². The van der Waals surface area contributed by atoms with Crippen molar-refractivity contribution >= 4 is 17.3 Å². The van der Waals surface area contributed by atoms with E-state index in [9.17, 15) is 4.79 Å². The number of nitrogens with one attached hydrogen (secondary N) is 1. The summed E-state index contributed by atoms with van der Waals surface area (Å²) in [6, 6.07) is 5.56. The van der Waals surface area contributed by atoms with Crippen LogP contribution in [0.1, 0.15) is 18.4 Å². The van der Waals surface area contributed by atoms with E-state index in [1.807, 2.05) is 19.1 Å². The number of methoxy groups -OCH3 is 1. The molecule has 4 nitrogen and oxygen atoms in total. The second kappa shape index (κ2) is 6.12. The summed E-state index contributed by atoms with van der Waals surface area (Å²) in [5.41, 5.74) is 8.07. The Kier molecular flexibility index (Phi) is 4.79. The molecule has 0 spiro atoms. The fourth-order valence-corrected chi connectivity index (χ4v) is 1.44. The summed E-state index contributed by atoms with van der Waals surface area (Å²) in [6.07, 6.45) is 1.16. The Bertz CT molecular complexity index is 344. The van der Waals surface area contributed by atoms with Crippen LogP contribution in [0.3, 0.4) is 0 Å². The molecule has 1 aromatic rings. The van der Waals surface area contributed by atoms with Gasteiger partial charge in [-0.25, -0.2) is 0 Å². The Hall–Kier alpha value is -1.55. The topological polar surface area (TPSA) is 64.3 Å². The Morgan fingerprint density at radius 1 is 1.50 bits per heavy atom. The minimum atomic E-state index is -0.0296. The number of aryl methyl sites for hydroxylation is 1. The number of para-hydroxylation sites is 1. The van der Waals surface area contributed by atoms with E-state index in [1.165, 1.54) is 0 Å². The first-order valence-corrected chi connectivity index (χ1v) is 5.29. The van der Waals surface area contributed by atoms with E-state index in [0.717, 1.165) is 5.56 Å². The summed E-state index contributed by atoms with van der Waals surface area (Å²) in [4.78, 5) is 11.6. The smallest absolute Gasteiger partial charge is 0.224 e. The number of ether oxygens (including phenoxy) is 1. The average molecular weight is 222 g/mol. The zero-order valence-electron chi connectivity index (χ0n) is 9.75. The number of anilines is 2. The maximum Gasteiger partial charge on any atom is 0.224 e. The Balaban J connectivity index is 2.56. The van der Waals surface area contributed by atoms with Gasteiger partial charge in [0, 0.05) is 20.1 Å². The van der Waals surface area contributed by atoms with Crippen molar-refractivity contribution in [2.24, 2.45) is 0 Å². The van der Waals surface area contributed by atoms with Gasteiger partial charge in [0.2, 0.25) is 5.91 Å². The monoisotopic (exact) mass is 222 g/mol. The maximum absolute atomic E-state index is 11.6. The molecule has 0 radical (unpaired) electrons. The number of hydrogen-bond donors (Lipinski definition) is 2. The van der Waals surface area contributed by atoms with Crippen LogP contribution in [0.15, 0.2) is 18.2 Å². The summed E-state index contributed by atoms with van der Waals surface area (Å²) < 4.78 is 4.89. The summed E-state index contributed by atoms with van der Waals surface area (Å²) in [7, 11) is 1.62. The molecule has 0 aliphatic rings. The van der Waals surface area contributed by atoms with Crippen LogP contribution < -0.4 is 11.1 Å². The van der Waals surface area contributed by atoms with Crippen LogP contribution in [0.25, 0.3) is 0 Å². The minimum Gasteiger partial charge on any atom is -0.397 e. The predicted molar refractivity (Wildman–Crippen MR) is 65.3 cm³/mol. The van der Waals surface area contributed by atoms with Crippen molar-refractivity contribution < 1.29 is 9.53 Å². The summed E-state index contributed by atoms with van der Waals surface area (Å²) >= 11 is 0. The minimum absolute atomic E-state index is 0.0296. The lowest BCUT2D eigenvalue weighted by atomic mass is 10.1. The molecule has 0 saturated heterocycles. The molecule has 0 bridgehead atoms. The number of carbonyl (C=O) groups is 1. The van der Waals surface area contributed by atoms with Crippen LogP contribution in [-0.4, -0.2) is 19.6 Å². The van der Waals surface area contributed by atoms with Gasteiger partial charge in [-0.2, -0.15) is 0 Å². The molecule has 0 aromatic heterocycles. The summed E-state index contributed by atoms with van der Waals surface area (Å²) in [5, 5.41) is 2.82. The van der Waals surface area contributed by atoms with Crippen LogP contribution >= 0.6 is 0 Å². The van der Waals surface area contributed by atoms with E-state index in [-0.39, 0.29) is 5.91 Å². The van der Waals surface area contributed by atoms with Crippen LogP contribution in [0, 0.1) is 6.92 Å². The van der Waals surface area contributed by atoms with Gasteiger partial charge in [0.15, 0.2) is 0 Å². The normalized spacial score (nSPS) is 10.1. The van der Waals surface area contributed by atoms with E-state index in [2.05, 4.69) is 5.32 Å². The standard InChI is InChI=1S/C12H18N2O2/c1-9-5-3-6-10(13)12(9)14-11(15)7-4-8-16-2/h3,5-6H,4,7-8,13H2,1-2H3,(H,14,15). The Morgan fingerprint density at radius 2 is 2.25 bits per heavy atom. The van der Waals surface area contributed by atoms with Crippen LogP contribution in [0.2, 0.25) is 0 Å². The van der Waals surface area contributed by atoms with Gasteiger partial charge in [-0.3, -0.25) is 4.79 Å². The molecule has 4 heteroatoms. The third kappa shape index (κ3) is 3.55. The van der Waals surface area contributed by atoms with E-state index in [1.54, 1.807) is 13.2 Å². The first kappa shape index (κ1) is 12.5. The summed E-state index contributed by atoms with van der Waals surface area (Å²) in [5.74, 6) is -0.0296. The second-order valence-electron chi connectivity index (χ2n) is 3.68. The highest BCUT2D eigenvalue weighted by molar-refractivity contribution is 5.94. The zero-order chi connectivity index (χ0) is 12.0. The van der Waals surface area contributed by atoms with Crippen molar-refractivity contribution in [1.82, 2.24) is 0 Å². The largest absolute Gasteiger partial charge is 0.397 e. The fraction of sp³-hybridized carbons (Fsp3) is 0.417. The molecule has 0 saturated carbocycles. The maximum atomic E-state index is 11.6. The Morgan fingerprint density at radius 3 is 2.88 bits per heavy atom. The summed E-state index contributed by atoms with van der Waals surface area (Å²) in [6.45, 7) is 2.51. The van der Waals surface area contributed by atoms with Gasteiger partial charge in [-0.05, 0) is 25.0 Å². The van der Waals surface area contributed by atoms with Crippen molar-refractivity contribution in [3.8, 4) is 0 Å². The molecule has 0 aliphatic heterocycles. The van der Waals surface area contributed by atoms with Gasteiger partial charge in [-0.15, -0.1) is 0 Å². The predicted octanol–water partition coefficient (Wildman–Crippen LogP) is 1.94. The highest BCUT2D eigenvalue weighted by Gasteiger charge is 2.06. The molecule has 1 aromatic carbocycles. The van der Waals surface area contributed by atoms with Crippen LogP contribution in [0.4, 0.5) is 11.4 Å². The lowest BCUT2D eigenvalue weighted by molar-refractivity contribution is -0.116. The lowest BCUT2D eigenvalue weighted by Crippen LogP contribution is -2.14. The molecule has 3 N–H and O–H groups in total. The average Bonchev–Trinajstić information content (AvgIpc) is 2.24. The van der Waals surface area contributed by atoms with Crippen molar-refractivity contribution in [1.29, 1.82) is 0 Å². The van der Waals surface area contributed by atoms with Crippen molar-refractivity contribution in [2.45, 2.75) is 19.8 Å². The molecule has 0 heterocycles. The Labute approximate surface area is 95.8 Å². The molecule has 0 aliphatic carbocycles. The number of nitrogen functional groups attached to an aromatic ring is 1. The quantitative estimate of drug-likeness (QED) is 0.591. The second-order valence-corrected chi connectivity index (χ2v) is 3.68. The molecule has 0 unspecified atom stereocenters. The SMILES string of the molecule is COCCCC(=O)Nc1c(C)cccc1N. The number of carbonyl (C=O) groups excluding carboxylic acids is 1. The molecule has 16 heavy (non-hydrogen) atoms. The molecule has 88 valence electrons. The highest BCUT2D eigenvalue weighted by atomic mass is 16.5. The molecular formula is C12H18N2O2. The zero-order valence-corrected chi connectivity index (χ0v) is 9.75. The van der Waals surface area contributed by atoms with Crippen molar-refractivity contribution in [2.75, 3.05) is 24.8 Å². The molecule has 1 amide bonds. The van der Waals surface area contributed by atoms with E-state index in [4.69, 9.17) is 10.5 Å². The van der Waals surface area contributed by atoms with Gasteiger partial charge in [0.25, 0.3) is 0 Å². The number of hydrogen-bond acceptors (Lipinski definition) is 3. The van der Waals surface area contributed by atoms with E-state index in [0.29, 0.717) is 30.8 Å². The van der Waals surface area contributed by atoms with Crippen LogP contribution in [0.5, 0.6) is 0 Å². The molecular weight excluding hydrogens is 204 g/mol.